The SMILES string of the molecule is NCCc1nc2ccccc2n1CCN1CCCCC1. The fourth-order valence-corrected chi connectivity index (χ4v) is 3.12. The van der Waals surface area contributed by atoms with Crippen LogP contribution in [0.4, 0.5) is 0 Å². The van der Waals surface area contributed by atoms with E-state index in [1.54, 1.807) is 0 Å². The fourth-order valence-electron chi connectivity index (χ4n) is 3.12. The highest BCUT2D eigenvalue weighted by atomic mass is 15.2. The Hall–Kier alpha value is -1.39. The van der Waals surface area contributed by atoms with Crippen LogP contribution < -0.4 is 5.73 Å². The number of aromatic nitrogens is 2. The first-order valence-corrected chi connectivity index (χ1v) is 7.75. The molecule has 0 aliphatic carbocycles. The van der Waals surface area contributed by atoms with Crippen molar-refractivity contribution in [2.75, 3.05) is 26.2 Å². The van der Waals surface area contributed by atoms with Crippen LogP contribution in [0, 0.1) is 0 Å². The lowest BCUT2D eigenvalue weighted by atomic mass is 10.1. The van der Waals surface area contributed by atoms with E-state index in [1.807, 2.05) is 0 Å². The molecule has 4 nitrogen and oxygen atoms in total. The minimum absolute atomic E-state index is 0.660. The molecular weight excluding hydrogens is 248 g/mol. The van der Waals surface area contributed by atoms with Gasteiger partial charge in [-0.2, -0.15) is 0 Å². The van der Waals surface area contributed by atoms with Crippen molar-refractivity contribution < 1.29 is 0 Å². The minimum atomic E-state index is 0.660. The highest BCUT2D eigenvalue weighted by Crippen LogP contribution is 2.17. The van der Waals surface area contributed by atoms with Crippen LogP contribution in [0.25, 0.3) is 11.0 Å². The van der Waals surface area contributed by atoms with E-state index in [9.17, 15) is 0 Å². The van der Waals surface area contributed by atoms with Gasteiger partial charge in [-0.25, -0.2) is 4.98 Å². The monoisotopic (exact) mass is 272 g/mol. The zero-order chi connectivity index (χ0) is 13.8. The molecule has 4 heteroatoms. The summed E-state index contributed by atoms with van der Waals surface area (Å²) >= 11 is 0. The van der Waals surface area contributed by atoms with E-state index in [1.165, 1.54) is 37.9 Å². The first-order valence-electron chi connectivity index (χ1n) is 7.75. The highest BCUT2D eigenvalue weighted by molar-refractivity contribution is 5.75. The van der Waals surface area contributed by atoms with E-state index >= 15 is 0 Å². The highest BCUT2D eigenvalue weighted by Gasteiger charge is 2.13. The van der Waals surface area contributed by atoms with Gasteiger partial charge in [0.15, 0.2) is 0 Å². The molecule has 0 unspecified atom stereocenters. The lowest BCUT2D eigenvalue weighted by Crippen LogP contribution is -2.32. The molecular formula is C16H24N4. The smallest absolute Gasteiger partial charge is 0.111 e. The van der Waals surface area contributed by atoms with E-state index in [0.29, 0.717) is 6.54 Å². The van der Waals surface area contributed by atoms with E-state index in [0.717, 1.165) is 30.9 Å². The van der Waals surface area contributed by atoms with E-state index in [4.69, 9.17) is 10.7 Å². The lowest BCUT2D eigenvalue weighted by molar-refractivity contribution is 0.221. The number of rotatable bonds is 5. The summed E-state index contributed by atoms with van der Waals surface area (Å²) in [5.41, 5.74) is 8.06. The first-order chi connectivity index (χ1) is 9.88. The predicted octanol–water partition coefficient (Wildman–Crippen LogP) is 2.02. The lowest BCUT2D eigenvalue weighted by Gasteiger charge is -2.26. The van der Waals surface area contributed by atoms with Gasteiger partial charge in [0.2, 0.25) is 0 Å². The number of imidazole rings is 1. The molecule has 2 N–H and O–H groups in total. The van der Waals surface area contributed by atoms with Crippen LogP contribution in [0.3, 0.4) is 0 Å². The second kappa shape index (κ2) is 6.37. The van der Waals surface area contributed by atoms with Crippen LogP contribution in [-0.4, -0.2) is 40.6 Å². The number of nitrogens with two attached hydrogens (primary N) is 1. The van der Waals surface area contributed by atoms with E-state index < -0.39 is 0 Å². The Kier molecular flexibility index (Phi) is 4.33. The summed E-state index contributed by atoms with van der Waals surface area (Å²) in [6.45, 7) is 5.30. The van der Waals surface area contributed by atoms with Gasteiger partial charge in [0.1, 0.15) is 5.82 Å². The molecule has 0 spiro atoms. The average molecular weight is 272 g/mol. The molecule has 1 aromatic carbocycles. The van der Waals surface area contributed by atoms with Gasteiger partial charge in [-0.15, -0.1) is 0 Å². The Morgan fingerprint density at radius 1 is 1.05 bits per heavy atom. The Morgan fingerprint density at radius 3 is 2.65 bits per heavy atom. The van der Waals surface area contributed by atoms with Crippen molar-refractivity contribution in [3.63, 3.8) is 0 Å². The molecule has 20 heavy (non-hydrogen) atoms. The molecule has 0 radical (unpaired) electrons. The van der Waals surface area contributed by atoms with E-state index in [2.05, 4.69) is 33.7 Å². The number of likely N-dealkylation sites (tertiary alicyclic amines) is 1. The van der Waals surface area contributed by atoms with Crippen LogP contribution >= 0.6 is 0 Å². The van der Waals surface area contributed by atoms with Crippen molar-refractivity contribution in [3.05, 3.63) is 30.1 Å². The third-order valence-corrected chi connectivity index (χ3v) is 4.19. The molecule has 1 saturated heterocycles. The summed E-state index contributed by atoms with van der Waals surface area (Å²) in [6, 6.07) is 8.40. The largest absolute Gasteiger partial charge is 0.330 e. The number of para-hydroxylation sites is 2. The van der Waals surface area contributed by atoms with Crippen molar-refractivity contribution in [2.24, 2.45) is 5.73 Å². The number of benzene rings is 1. The summed E-state index contributed by atoms with van der Waals surface area (Å²) in [5, 5.41) is 0. The standard InChI is InChI=1S/C16H24N4/c17-9-8-16-18-14-6-2-3-7-15(14)20(16)13-12-19-10-4-1-5-11-19/h2-3,6-7H,1,4-5,8-13,17H2. The summed E-state index contributed by atoms with van der Waals surface area (Å²) in [4.78, 5) is 7.30. The zero-order valence-corrected chi connectivity index (χ0v) is 12.1. The molecule has 0 bridgehead atoms. The van der Waals surface area contributed by atoms with Crippen molar-refractivity contribution in [2.45, 2.75) is 32.2 Å². The molecule has 1 aliphatic heterocycles. The maximum atomic E-state index is 5.73. The van der Waals surface area contributed by atoms with Crippen molar-refractivity contribution in [1.29, 1.82) is 0 Å². The van der Waals surface area contributed by atoms with Gasteiger partial charge < -0.3 is 15.2 Å². The van der Waals surface area contributed by atoms with Crippen molar-refractivity contribution in [3.8, 4) is 0 Å². The zero-order valence-electron chi connectivity index (χ0n) is 12.1. The van der Waals surface area contributed by atoms with Gasteiger partial charge in [0.25, 0.3) is 0 Å². The summed E-state index contributed by atoms with van der Waals surface area (Å²) in [5.74, 6) is 1.13. The Morgan fingerprint density at radius 2 is 1.85 bits per heavy atom. The fraction of sp³-hybridized carbons (Fsp3) is 0.562. The van der Waals surface area contributed by atoms with Gasteiger partial charge in [0, 0.05) is 19.5 Å². The van der Waals surface area contributed by atoms with Gasteiger partial charge in [-0.1, -0.05) is 18.6 Å². The maximum absolute atomic E-state index is 5.73. The van der Waals surface area contributed by atoms with Gasteiger partial charge in [-0.05, 0) is 44.6 Å². The van der Waals surface area contributed by atoms with Gasteiger partial charge >= 0.3 is 0 Å². The van der Waals surface area contributed by atoms with Crippen LogP contribution in [0.5, 0.6) is 0 Å². The molecule has 1 fully saturated rings. The molecule has 0 atom stereocenters. The van der Waals surface area contributed by atoms with Crippen molar-refractivity contribution >= 4 is 11.0 Å². The molecule has 2 heterocycles. The predicted molar refractivity (Wildman–Crippen MR) is 82.8 cm³/mol. The van der Waals surface area contributed by atoms with Crippen LogP contribution in [0.1, 0.15) is 25.1 Å². The number of piperidine rings is 1. The number of hydrogen-bond acceptors (Lipinski definition) is 3. The molecule has 108 valence electrons. The first kappa shape index (κ1) is 13.6. The number of nitrogens with zero attached hydrogens (tertiary/aromatic N) is 3. The molecule has 0 saturated carbocycles. The third-order valence-electron chi connectivity index (χ3n) is 4.19. The maximum Gasteiger partial charge on any atom is 0.111 e. The number of hydrogen-bond donors (Lipinski definition) is 1. The normalized spacial score (nSPS) is 16.9. The van der Waals surface area contributed by atoms with Gasteiger partial charge in [0.05, 0.1) is 11.0 Å². The van der Waals surface area contributed by atoms with Crippen LogP contribution in [-0.2, 0) is 13.0 Å². The minimum Gasteiger partial charge on any atom is -0.330 e. The average Bonchev–Trinajstić information content (AvgIpc) is 2.84. The Bertz CT molecular complexity index is 555. The van der Waals surface area contributed by atoms with Gasteiger partial charge in [-0.3, -0.25) is 0 Å². The summed E-state index contributed by atoms with van der Waals surface area (Å²) < 4.78 is 2.36. The molecule has 0 amide bonds. The van der Waals surface area contributed by atoms with E-state index in [-0.39, 0.29) is 0 Å². The summed E-state index contributed by atoms with van der Waals surface area (Å²) in [7, 11) is 0. The molecule has 2 aromatic rings. The molecule has 3 rings (SSSR count). The second-order valence-corrected chi connectivity index (χ2v) is 5.61. The number of fused-ring (bicyclic) bond motifs is 1. The van der Waals surface area contributed by atoms with Crippen molar-refractivity contribution in [1.82, 2.24) is 14.5 Å². The quantitative estimate of drug-likeness (QED) is 0.906. The van der Waals surface area contributed by atoms with Crippen LogP contribution in [0.2, 0.25) is 0 Å². The third kappa shape index (κ3) is 2.86. The molecule has 1 aliphatic rings. The topological polar surface area (TPSA) is 47.1 Å². The Balaban J connectivity index is 1.79. The Labute approximate surface area is 120 Å². The second-order valence-electron chi connectivity index (χ2n) is 5.61. The molecule has 1 aromatic heterocycles. The summed E-state index contributed by atoms with van der Waals surface area (Å²) in [6.07, 6.45) is 4.94. The van der Waals surface area contributed by atoms with Crippen LogP contribution in [0.15, 0.2) is 24.3 Å².